The summed E-state index contributed by atoms with van der Waals surface area (Å²) in [5.74, 6) is 1.80. The molecule has 115 heavy (non-hydrogen) atoms. The van der Waals surface area contributed by atoms with Crippen LogP contribution in [0.5, 0.6) is 0 Å². The molecule has 4 N–H and O–H groups in total. The molecule has 0 spiro atoms. The van der Waals surface area contributed by atoms with E-state index in [1.165, 1.54) is 34.9 Å². The number of nitrogens with zero attached hydrogens (tertiary/aromatic N) is 8. The van der Waals surface area contributed by atoms with Crippen molar-refractivity contribution in [3.63, 3.8) is 0 Å². The van der Waals surface area contributed by atoms with Crippen LogP contribution in [0.15, 0.2) is 246 Å². The molecule has 3 aliphatic heterocycles. The predicted octanol–water partition coefficient (Wildman–Crippen LogP) is 19.8. The molecule has 586 valence electrons. The number of carbonyl (C=O) groups excluding carboxylic acids is 4. The van der Waals surface area contributed by atoms with E-state index >= 15 is 0 Å². The Balaban J connectivity index is 0.000000127. The van der Waals surface area contributed by atoms with Gasteiger partial charge in [-0.3, -0.25) is 44.0 Å². The van der Waals surface area contributed by atoms with Gasteiger partial charge in [0.15, 0.2) is 11.5 Å². The quantitative estimate of drug-likeness (QED) is 0.0753. The van der Waals surface area contributed by atoms with Crippen LogP contribution in [0.2, 0.25) is 5.02 Å². The molecule has 10 heterocycles. The molecule has 5 aliphatic rings. The lowest BCUT2D eigenvalue weighted by Gasteiger charge is -2.34. The van der Waals surface area contributed by atoms with Crippen molar-refractivity contribution in [2.24, 2.45) is 5.92 Å². The van der Waals surface area contributed by atoms with E-state index in [1.807, 2.05) is 166 Å². The monoisotopic (exact) mass is 1570 g/mol. The average molecular weight is 1570 g/mol. The third-order valence-electron chi connectivity index (χ3n) is 21.9. The molecule has 1 saturated carbocycles. The van der Waals surface area contributed by atoms with Gasteiger partial charge in [0.25, 0.3) is 5.91 Å². The highest BCUT2D eigenvalue weighted by Crippen LogP contribution is 2.48. The lowest BCUT2D eigenvalue weighted by Crippen LogP contribution is -2.44. The molecule has 2 unspecified atom stereocenters. The summed E-state index contributed by atoms with van der Waals surface area (Å²) in [6.07, 6.45) is 16.7. The van der Waals surface area contributed by atoms with E-state index in [1.54, 1.807) is 53.2 Å². The summed E-state index contributed by atoms with van der Waals surface area (Å²) < 4.78 is 19.8. The van der Waals surface area contributed by atoms with Gasteiger partial charge in [-0.1, -0.05) is 98.7 Å². The topological polar surface area (TPSA) is 207 Å². The Bertz CT molecular complexity index is 5540. The zero-order valence-corrected chi connectivity index (χ0v) is 66.1. The number of carbonyl (C=O) groups is 4. The number of likely N-dealkylation sites (N-methyl/N-ethyl adjacent to an activating group) is 1. The van der Waals surface area contributed by atoms with E-state index in [0.29, 0.717) is 41.8 Å². The van der Waals surface area contributed by atoms with Crippen molar-refractivity contribution in [3.8, 4) is 56.2 Å². The van der Waals surface area contributed by atoms with Crippen LogP contribution in [0.25, 0.3) is 78.0 Å². The van der Waals surface area contributed by atoms with Crippen molar-refractivity contribution in [3.05, 3.63) is 287 Å². The fraction of sp³-hybridized carbons (Fsp3) is 0.274. The Morgan fingerprint density at radius 3 is 2.20 bits per heavy atom. The second kappa shape index (κ2) is 37.2. The van der Waals surface area contributed by atoms with Gasteiger partial charge in [0.2, 0.25) is 11.8 Å². The molecule has 2 saturated heterocycles. The number of piperazine rings is 1. The molecule has 0 bridgehead atoms. The number of para-hydroxylation sites is 1. The summed E-state index contributed by atoms with van der Waals surface area (Å²) in [4.78, 5) is 84.2. The van der Waals surface area contributed by atoms with Gasteiger partial charge in [-0.25, -0.2) is 9.37 Å². The zero-order chi connectivity index (χ0) is 78.6. The number of rotatable bonds is 15. The first-order valence-corrected chi connectivity index (χ1v) is 40.7. The smallest absolute Gasteiger partial charge is 0.294 e. The normalized spacial score (nSPS) is 17.6. The van der Waals surface area contributed by atoms with Crippen molar-refractivity contribution >= 4 is 80.0 Å². The van der Waals surface area contributed by atoms with Gasteiger partial charge in [0, 0.05) is 165 Å². The van der Waals surface area contributed by atoms with Crippen LogP contribution in [0.3, 0.4) is 0 Å². The molecule has 0 radical (unpaired) electrons. The number of Topliss-reactive ketones (excluding diaryl/α,β-unsaturated/α-hetero) is 1. The summed E-state index contributed by atoms with van der Waals surface area (Å²) in [5.41, 5.74) is 18.1. The summed E-state index contributed by atoms with van der Waals surface area (Å²) in [6, 6.07) is 68.6. The number of hydrogen-bond donors (Lipinski definition) is 4. The van der Waals surface area contributed by atoms with Gasteiger partial charge in [0.1, 0.15) is 16.8 Å². The van der Waals surface area contributed by atoms with Crippen LogP contribution < -0.4 is 25.8 Å². The number of fused-ring (bicyclic) bond motifs is 7. The minimum atomic E-state index is -0.219. The van der Waals surface area contributed by atoms with Gasteiger partial charge in [-0.05, 0) is 234 Å². The number of hydrogen-bond acceptors (Lipinski definition) is 14. The Kier molecular flexibility index (Phi) is 25.9. The van der Waals surface area contributed by atoms with E-state index in [2.05, 4.69) is 107 Å². The highest BCUT2D eigenvalue weighted by Gasteiger charge is 2.41. The third-order valence-corrected chi connectivity index (χ3v) is 23.5. The predicted molar refractivity (Wildman–Crippen MR) is 461 cm³/mol. The van der Waals surface area contributed by atoms with Crippen molar-refractivity contribution in [1.29, 1.82) is 0 Å². The molecular formula is C95H96ClFN12O5S. The van der Waals surface area contributed by atoms with Crippen LogP contribution in [-0.4, -0.2) is 115 Å². The van der Waals surface area contributed by atoms with E-state index in [9.17, 15) is 23.6 Å². The maximum Gasteiger partial charge on any atom is 0.294 e. The van der Waals surface area contributed by atoms with Crippen LogP contribution in [0.4, 0.5) is 15.8 Å². The number of pyridine rings is 5. The summed E-state index contributed by atoms with van der Waals surface area (Å²) in [5, 5.41) is 12.6. The van der Waals surface area contributed by atoms with E-state index in [0.717, 1.165) is 178 Å². The van der Waals surface area contributed by atoms with Gasteiger partial charge in [0.05, 0.1) is 40.7 Å². The lowest BCUT2D eigenvalue weighted by atomic mass is 9.87. The van der Waals surface area contributed by atoms with Crippen LogP contribution in [0.1, 0.15) is 128 Å². The molecule has 18 rings (SSSR count). The number of aromatic nitrogens is 6. The Morgan fingerprint density at radius 2 is 1.43 bits per heavy atom. The molecule has 3 amide bonds. The number of amides is 3. The summed E-state index contributed by atoms with van der Waals surface area (Å²) in [7, 11) is 2.15. The lowest BCUT2D eigenvalue weighted by molar-refractivity contribution is -0.122. The van der Waals surface area contributed by atoms with E-state index in [4.69, 9.17) is 21.0 Å². The van der Waals surface area contributed by atoms with Crippen LogP contribution in [-0.2, 0) is 29.0 Å². The number of H-pyrrole nitrogens is 1. The first-order valence-electron chi connectivity index (χ1n) is 39.4. The number of furan rings is 1. The maximum atomic E-state index is 13.8. The van der Waals surface area contributed by atoms with Gasteiger partial charge >= 0.3 is 0 Å². The van der Waals surface area contributed by atoms with Crippen molar-refractivity contribution < 1.29 is 28.0 Å². The van der Waals surface area contributed by atoms with E-state index in [-0.39, 0.29) is 59.8 Å². The van der Waals surface area contributed by atoms with Crippen molar-refractivity contribution in [2.45, 2.75) is 127 Å². The highest BCUT2D eigenvalue weighted by atomic mass is 35.5. The summed E-state index contributed by atoms with van der Waals surface area (Å²) in [6.45, 7) is 11.5. The second-order valence-electron chi connectivity index (χ2n) is 30.2. The number of anilines is 2. The summed E-state index contributed by atoms with van der Waals surface area (Å²) >= 11 is 7.65. The number of aromatic amines is 1. The Morgan fingerprint density at radius 1 is 0.678 bits per heavy atom. The molecule has 13 aromatic rings. The Hall–Kier alpha value is -11.5. The largest absolute Gasteiger partial charge is 0.451 e. The molecule has 7 aromatic heterocycles. The van der Waals surface area contributed by atoms with Crippen molar-refractivity contribution in [2.75, 3.05) is 49.6 Å². The Labute approximate surface area is 681 Å². The second-order valence-corrected chi connectivity index (χ2v) is 31.8. The van der Waals surface area contributed by atoms with E-state index < -0.39 is 0 Å². The number of benzene rings is 6. The van der Waals surface area contributed by atoms with Gasteiger partial charge < -0.3 is 35.2 Å². The molecule has 17 nitrogen and oxygen atoms in total. The molecule has 6 aromatic carbocycles. The SMILES string of the molecule is C.CC1CCC(NC(=O)CCCc2ccc(-c3ccccc3F)cc2)CC1.CN1CCN(c2ccc(N(Cc3ccccn3)C(=O)c3ccc(-c4ccc(Cl)cc4)o3)cc2)CC1.Cc1ccc(-c2ccc3c4c(ccc3n2)SC2C(=O)N[C@H](C)CNC42)cn1.O=C1CCCc2[nH]c(-c3ccnc(-c4cnc5ccccc5c4)c3)cc21. The molecule has 3 atom stereocenters. The van der Waals surface area contributed by atoms with Gasteiger partial charge in [-0.2, -0.15) is 0 Å². The molecular weight excluding hydrogens is 1480 g/mol. The number of nitrogens with one attached hydrogen (secondary N) is 4. The maximum absolute atomic E-state index is 13.8. The van der Waals surface area contributed by atoms with Crippen LogP contribution in [0, 0.1) is 18.7 Å². The number of halogens is 2. The number of aryl methyl sites for hydroxylation is 3. The van der Waals surface area contributed by atoms with Crippen LogP contribution >= 0.6 is 23.4 Å². The third kappa shape index (κ3) is 19.7. The fourth-order valence-electron chi connectivity index (χ4n) is 15.4. The standard InChI is InChI=1S/C28H27ClN4O2.C23H28FNO.C22H17N3O.C21H20N4OS.CH4/c1-31-16-18-32(19-17-31)24-9-11-25(12-10-24)33(20-23-4-2-3-15-30-23)28(34)27-14-13-26(35-27)21-5-7-22(29)8-6-21;1-17-9-15-20(16-10-17)25-23(26)8-4-5-18-11-13-19(14-12-18)21-6-2-3-7-22(21)24;26-22-7-3-6-19-17(22)12-21(25-19)15-8-9-23-20(11-15)16-10-14-4-1-2-5-18(14)24-13-16;1-11-3-4-13(10-22-11)15-6-5-14-16(25-15)7-8-17-18(14)19-20(27-17)21(26)24-12(2)9-23-19;/h2-15H,16-20H2,1H3;2-3,6-7,11-14,17,20H,4-5,8-10,15-16H2,1H3,(H,25,26);1-2,4-5,8-13,25H,3,6-7H2;3-8,10,12,19-20,23H,9H2,1-2H3,(H,24,26);1H4/t;;;12-,19?,20?;/m...1./s1. The number of ketones is 1. The first kappa shape index (κ1) is 80.1. The minimum Gasteiger partial charge on any atom is -0.451 e. The molecule has 2 aliphatic carbocycles. The molecule has 3 fully saturated rings. The first-order chi connectivity index (χ1) is 55.6. The number of thioether (sulfide) groups is 1. The average Bonchev–Trinajstić information content (AvgIpc) is 1.61. The van der Waals surface area contributed by atoms with Crippen molar-refractivity contribution in [1.82, 2.24) is 50.8 Å². The minimum absolute atomic E-state index is 0. The highest BCUT2D eigenvalue weighted by molar-refractivity contribution is 8.01. The zero-order valence-electron chi connectivity index (χ0n) is 64.5. The fourth-order valence-corrected chi connectivity index (χ4v) is 16.8. The van der Waals surface area contributed by atoms with Gasteiger partial charge in [-0.15, -0.1) is 11.8 Å². The molecule has 20 heteroatoms.